The number of rotatable bonds is 6. The average Bonchev–Trinajstić information content (AvgIpc) is 3.27. The third-order valence-corrected chi connectivity index (χ3v) is 6.04. The van der Waals surface area contributed by atoms with E-state index in [0.29, 0.717) is 22.7 Å². The van der Waals surface area contributed by atoms with Crippen molar-refractivity contribution in [1.29, 1.82) is 0 Å². The van der Waals surface area contributed by atoms with E-state index in [9.17, 15) is 9.18 Å². The summed E-state index contributed by atoms with van der Waals surface area (Å²) in [5.74, 6) is -0.373. The number of carbonyl (C=O) groups excluding carboxylic acids is 1. The summed E-state index contributed by atoms with van der Waals surface area (Å²) in [4.78, 5) is 17.7. The molecule has 31 heavy (non-hydrogen) atoms. The molecule has 1 unspecified atom stereocenters. The topological polar surface area (TPSA) is 54.0 Å². The molecule has 0 radical (unpaired) electrons. The van der Waals surface area contributed by atoms with Crippen LogP contribution in [-0.4, -0.2) is 17.1 Å². The van der Waals surface area contributed by atoms with E-state index >= 15 is 0 Å². The van der Waals surface area contributed by atoms with Crippen molar-refractivity contribution in [2.75, 3.05) is 0 Å². The molecule has 4 rings (SSSR count). The minimum atomic E-state index is -1.07. The van der Waals surface area contributed by atoms with Crippen molar-refractivity contribution >= 4 is 17.6 Å². The molecule has 6 heteroatoms. The lowest BCUT2D eigenvalue weighted by atomic mass is 9.80. The third-order valence-electron chi connectivity index (χ3n) is 5.81. The highest BCUT2D eigenvalue weighted by atomic mass is 35.5. The van der Waals surface area contributed by atoms with Gasteiger partial charge in [0.15, 0.2) is 0 Å². The highest BCUT2D eigenvalue weighted by Gasteiger charge is 2.38. The number of pyridine rings is 1. The van der Waals surface area contributed by atoms with Crippen LogP contribution in [0.25, 0.3) is 0 Å². The van der Waals surface area contributed by atoms with Crippen molar-refractivity contribution < 1.29 is 9.18 Å². The first-order chi connectivity index (χ1) is 15.0. The highest BCUT2D eigenvalue weighted by molar-refractivity contribution is 6.30. The van der Waals surface area contributed by atoms with Gasteiger partial charge in [-0.3, -0.25) is 4.98 Å². The second kappa shape index (κ2) is 9.48. The lowest BCUT2D eigenvalue weighted by molar-refractivity contribution is 0.225. The number of hydrogen-bond donors (Lipinski definition) is 2. The van der Waals surface area contributed by atoms with Crippen LogP contribution >= 0.6 is 11.6 Å². The molecular weight excluding hydrogens is 413 g/mol. The Morgan fingerprint density at radius 2 is 1.84 bits per heavy atom. The van der Waals surface area contributed by atoms with Gasteiger partial charge >= 0.3 is 6.03 Å². The van der Waals surface area contributed by atoms with Gasteiger partial charge in [0, 0.05) is 18.7 Å². The zero-order chi connectivity index (χ0) is 21.7. The molecule has 1 aliphatic rings. The van der Waals surface area contributed by atoms with Crippen LogP contribution in [0, 0.1) is 5.82 Å². The van der Waals surface area contributed by atoms with Crippen molar-refractivity contribution in [1.82, 2.24) is 15.6 Å². The van der Waals surface area contributed by atoms with Gasteiger partial charge in [-0.1, -0.05) is 66.9 Å². The molecule has 4 nitrogen and oxygen atoms in total. The van der Waals surface area contributed by atoms with E-state index < -0.39 is 5.54 Å². The fourth-order valence-corrected chi connectivity index (χ4v) is 4.40. The van der Waals surface area contributed by atoms with Gasteiger partial charge in [0.05, 0.1) is 10.7 Å². The second-order valence-electron chi connectivity index (χ2n) is 8.02. The molecule has 1 fully saturated rings. The van der Waals surface area contributed by atoms with Crippen molar-refractivity contribution in [2.45, 2.75) is 43.7 Å². The summed E-state index contributed by atoms with van der Waals surface area (Å²) in [5.41, 5.74) is 1.13. The molecule has 2 amide bonds. The Hall–Kier alpha value is -2.92. The van der Waals surface area contributed by atoms with Crippen molar-refractivity contribution in [3.63, 3.8) is 0 Å². The lowest BCUT2D eigenvalue weighted by Crippen LogP contribution is -2.54. The molecule has 0 spiro atoms. The zero-order valence-corrected chi connectivity index (χ0v) is 17.9. The normalized spacial score (nSPS) is 15.9. The van der Waals surface area contributed by atoms with Crippen LogP contribution in [0.3, 0.4) is 0 Å². The molecule has 1 aromatic heterocycles. The van der Waals surface area contributed by atoms with E-state index in [1.54, 1.807) is 24.4 Å². The fraction of sp³-hybridized carbons (Fsp3) is 0.280. The second-order valence-corrected chi connectivity index (χ2v) is 8.46. The number of benzene rings is 2. The van der Waals surface area contributed by atoms with E-state index in [-0.39, 0.29) is 17.9 Å². The Morgan fingerprint density at radius 1 is 1.06 bits per heavy atom. The summed E-state index contributed by atoms with van der Waals surface area (Å²) < 4.78 is 14.3. The van der Waals surface area contributed by atoms with Crippen LogP contribution in [0.4, 0.5) is 9.18 Å². The van der Waals surface area contributed by atoms with Gasteiger partial charge in [-0.2, -0.15) is 0 Å². The van der Waals surface area contributed by atoms with Crippen LogP contribution in [0.2, 0.25) is 5.02 Å². The Labute approximate surface area is 186 Å². The molecule has 160 valence electrons. The number of hydrogen-bond acceptors (Lipinski definition) is 2. The molecule has 0 aliphatic heterocycles. The monoisotopic (exact) mass is 437 g/mol. The van der Waals surface area contributed by atoms with Crippen LogP contribution in [0.15, 0.2) is 72.9 Å². The highest BCUT2D eigenvalue weighted by Crippen LogP contribution is 2.33. The van der Waals surface area contributed by atoms with Gasteiger partial charge in [-0.05, 0) is 48.2 Å². The van der Waals surface area contributed by atoms with E-state index in [2.05, 4.69) is 15.6 Å². The smallest absolute Gasteiger partial charge is 0.316 e. The first-order valence-corrected chi connectivity index (χ1v) is 10.9. The predicted molar refractivity (Wildman–Crippen MR) is 120 cm³/mol. The summed E-state index contributed by atoms with van der Waals surface area (Å²) in [6, 6.07) is 19.5. The first-order valence-electron chi connectivity index (χ1n) is 10.6. The van der Waals surface area contributed by atoms with E-state index in [4.69, 9.17) is 11.6 Å². The number of urea groups is 1. The number of carbonyl (C=O) groups is 1. The summed E-state index contributed by atoms with van der Waals surface area (Å²) in [5, 5.41) is 6.74. The maximum Gasteiger partial charge on any atom is 0.316 e. The molecule has 0 bridgehead atoms. The van der Waals surface area contributed by atoms with Gasteiger partial charge in [0.1, 0.15) is 11.4 Å². The van der Waals surface area contributed by atoms with Crippen molar-refractivity contribution in [3.8, 4) is 0 Å². The van der Waals surface area contributed by atoms with Crippen LogP contribution in [-0.2, 0) is 12.0 Å². The first kappa shape index (κ1) is 21.3. The van der Waals surface area contributed by atoms with Gasteiger partial charge in [0.25, 0.3) is 0 Å². The minimum absolute atomic E-state index is 0.153. The molecule has 0 saturated heterocycles. The number of amides is 2. The van der Waals surface area contributed by atoms with Crippen LogP contribution in [0.5, 0.6) is 0 Å². The maximum atomic E-state index is 14.3. The SMILES string of the molecule is O=C(NC1CCCC1)NC(Cc1ccccc1)(c1cccc(F)c1)c1ccc(Cl)cn1. The predicted octanol–water partition coefficient (Wildman–Crippen LogP) is 5.60. The standard InChI is InChI=1S/C25H25ClFN3O/c26-20-13-14-23(28-17-20)25(16-18-7-2-1-3-8-18,19-9-6-10-21(27)15-19)30-24(31)29-22-11-4-5-12-22/h1-3,6-10,13-15,17,22H,4-5,11-12,16H2,(H2,29,30,31). The molecular formula is C25H25ClFN3O. The fourth-order valence-electron chi connectivity index (χ4n) is 4.29. The van der Waals surface area contributed by atoms with Gasteiger partial charge in [-0.25, -0.2) is 9.18 Å². The van der Waals surface area contributed by atoms with Crippen LogP contribution < -0.4 is 10.6 Å². The summed E-state index contributed by atoms with van der Waals surface area (Å²) >= 11 is 6.09. The lowest BCUT2D eigenvalue weighted by Gasteiger charge is -2.36. The van der Waals surface area contributed by atoms with Gasteiger partial charge in [-0.15, -0.1) is 0 Å². The maximum absolute atomic E-state index is 14.3. The molecule has 1 atom stereocenters. The van der Waals surface area contributed by atoms with E-state index in [1.165, 1.54) is 12.1 Å². The van der Waals surface area contributed by atoms with E-state index in [0.717, 1.165) is 31.2 Å². The Balaban J connectivity index is 1.80. The van der Waals surface area contributed by atoms with Gasteiger partial charge < -0.3 is 10.6 Å². The summed E-state index contributed by atoms with van der Waals surface area (Å²) in [7, 11) is 0. The van der Waals surface area contributed by atoms with Crippen molar-refractivity contribution in [2.24, 2.45) is 0 Å². The third kappa shape index (κ3) is 5.05. The van der Waals surface area contributed by atoms with Crippen molar-refractivity contribution in [3.05, 3.63) is 101 Å². The molecule has 2 aromatic carbocycles. The molecule has 1 heterocycles. The molecule has 1 aliphatic carbocycles. The Kier molecular flexibility index (Phi) is 6.52. The Morgan fingerprint density at radius 3 is 2.52 bits per heavy atom. The number of nitrogens with zero attached hydrogens (tertiary/aromatic N) is 1. The van der Waals surface area contributed by atoms with Gasteiger partial charge in [0.2, 0.25) is 0 Å². The zero-order valence-electron chi connectivity index (χ0n) is 17.2. The average molecular weight is 438 g/mol. The molecule has 1 saturated carbocycles. The number of halogens is 2. The quantitative estimate of drug-likeness (QED) is 0.527. The largest absolute Gasteiger partial charge is 0.335 e. The number of aromatic nitrogens is 1. The van der Waals surface area contributed by atoms with Crippen LogP contribution in [0.1, 0.15) is 42.5 Å². The Bertz CT molecular complexity index is 1020. The molecule has 3 aromatic rings. The molecule has 2 N–H and O–H groups in total. The van der Waals surface area contributed by atoms with E-state index in [1.807, 2.05) is 36.4 Å². The minimum Gasteiger partial charge on any atom is -0.335 e. The summed E-state index contributed by atoms with van der Waals surface area (Å²) in [6.45, 7) is 0. The number of nitrogens with one attached hydrogen (secondary N) is 2. The summed E-state index contributed by atoms with van der Waals surface area (Å²) in [6.07, 6.45) is 6.12.